The van der Waals surface area contributed by atoms with Crippen LogP contribution in [0.15, 0.2) is 24.3 Å². The quantitative estimate of drug-likeness (QED) is 0.397. The molecular weight excluding hydrogens is 343 g/mol. The Hall–Kier alpha value is -2.11. The molecule has 0 aliphatic rings. The van der Waals surface area contributed by atoms with Crippen LogP contribution in [-0.4, -0.2) is 32.7 Å². The van der Waals surface area contributed by atoms with E-state index < -0.39 is 28.4 Å². The third kappa shape index (κ3) is 4.79. The molecular formula is C21H29BO5. The molecule has 146 valence electrons. The van der Waals surface area contributed by atoms with E-state index in [0.29, 0.717) is 11.1 Å². The van der Waals surface area contributed by atoms with Crippen LogP contribution in [0.3, 0.4) is 0 Å². The molecule has 27 heavy (non-hydrogen) atoms. The number of ketones is 1. The van der Waals surface area contributed by atoms with Gasteiger partial charge in [-0.05, 0) is 59.1 Å². The highest BCUT2D eigenvalue weighted by atomic mass is 16.6. The normalized spacial score (nSPS) is 12.4. The van der Waals surface area contributed by atoms with Crippen molar-refractivity contribution in [1.82, 2.24) is 0 Å². The van der Waals surface area contributed by atoms with E-state index in [9.17, 15) is 14.4 Å². The fourth-order valence-electron chi connectivity index (χ4n) is 2.89. The van der Waals surface area contributed by atoms with Crippen LogP contribution in [0.25, 0.3) is 0 Å². The number of hydrogen-bond donors (Lipinski definition) is 0. The first-order valence-corrected chi connectivity index (χ1v) is 8.97. The highest BCUT2D eigenvalue weighted by Gasteiger charge is 2.42. The molecule has 0 N–H and O–H groups in total. The van der Waals surface area contributed by atoms with E-state index in [-0.39, 0.29) is 18.5 Å². The summed E-state index contributed by atoms with van der Waals surface area (Å²) in [5, 5.41) is 0. The summed E-state index contributed by atoms with van der Waals surface area (Å²) in [6.45, 7) is 10.1. The minimum atomic E-state index is -1.30. The van der Waals surface area contributed by atoms with E-state index in [4.69, 9.17) is 17.3 Å². The number of esters is 2. The zero-order valence-electron chi connectivity index (χ0n) is 17.3. The molecule has 0 unspecified atom stereocenters. The van der Waals surface area contributed by atoms with Crippen molar-refractivity contribution in [3.05, 3.63) is 35.4 Å². The zero-order chi connectivity index (χ0) is 21.0. The fraction of sp³-hybridized carbons (Fsp3) is 0.571. The van der Waals surface area contributed by atoms with Crippen molar-refractivity contribution < 1.29 is 23.9 Å². The highest BCUT2D eigenvalue weighted by Crippen LogP contribution is 2.37. The summed E-state index contributed by atoms with van der Waals surface area (Å²) in [7, 11) is 6.77. The maximum atomic E-state index is 12.7. The van der Waals surface area contributed by atoms with Crippen molar-refractivity contribution in [2.24, 2.45) is 5.41 Å². The maximum Gasteiger partial charge on any atom is 0.319 e. The van der Waals surface area contributed by atoms with Gasteiger partial charge in [0, 0.05) is 0 Å². The first-order chi connectivity index (χ1) is 12.3. The lowest BCUT2D eigenvalue weighted by molar-refractivity contribution is -0.170. The highest BCUT2D eigenvalue weighted by molar-refractivity contribution is 6.12. The summed E-state index contributed by atoms with van der Waals surface area (Å²) in [5.41, 5.74) is -1.92. The Labute approximate surface area is 163 Å². The summed E-state index contributed by atoms with van der Waals surface area (Å²) in [6, 6.07) is 7.25. The van der Waals surface area contributed by atoms with E-state index in [1.54, 1.807) is 27.7 Å². The van der Waals surface area contributed by atoms with Crippen molar-refractivity contribution in [3.8, 4) is 0 Å². The van der Waals surface area contributed by atoms with E-state index >= 15 is 0 Å². The number of carbonyl (C=O) groups is 3. The molecule has 0 amide bonds. The minimum absolute atomic E-state index is 0.106. The number of methoxy groups -OCH3 is 1. The molecule has 0 bridgehead atoms. The van der Waals surface area contributed by atoms with Crippen molar-refractivity contribution in [1.29, 1.82) is 0 Å². The van der Waals surface area contributed by atoms with E-state index in [0.717, 1.165) is 0 Å². The Bertz CT molecular complexity index is 719. The molecule has 1 rings (SSSR count). The monoisotopic (exact) mass is 372 g/mol. The Morgan fingerprint density at radius 3 is 1.93 bits per heavy atom. The number of benzene rings is 1. The van der Waals surface area contributed by atoms with Crippen LogP contribution in [-0.2, 0) is 34.9 Å². The molecule has 0 saturated carbocycles. The number of rotatable bonds is 8. The number of Topliss-reactive ketones (excluding diaryl/α,β-unsaturated/α-hetero) is 1. The number of ether oxygens (including phenoxy) is 2. The Morgan fingerprint density at radius 1 is 0.926 bits per heavy atom. The first-order valence-electron chi connectivity index (χ1n) is 8.97. The summed E-state index contributed by atoms with van der Waals surface area (Å²) in [5.74, 6) is -1.29. The molecule has 1 aromatic carbocycles. The molecule has 0 saturated heterocycles. The molecule has 5 nitrogen and oxygen atoms in total. The van der Waals surface area contributed by atoms with Crippen molar-refractivity contribution in [2.75, 3.05) is 7.11 Å². The molecule has 0 aromatic heterocycles. The molecule has 0 fully saturated rings. The van der Waals surface area contributed by atoms with E-state index in [1.807, 2.05) is 24.3 Å². The van der Waals surface area contributed by atoms with Gasteiger partial charge in [-0.15, -0.1) is 0 Å². The average Bonchev–Trinajstić information content (AvgIpc) is 2.60. The van der Waals surface area contributed by atoms with Gasteiger partial charge in [0.1, 0.15) is 16.8 Å². The second-order valence-corrected chi connectivity index (χ2v) is 8.15. The second-order valence-electron chi connectivity index (χ2n) is 8.15. The lowest BCUT2D eigenvalue weighted by Gasteiger charge is -2.34. The van der Waals surface area contributed by atoms with Crippen molar-refractivity contribution in [3.63, 3.8) is 0 Å². The van der Waals surface area contributed by atoms with Gasteiger partial charge in [0.05, 0.1) is 20.4 Å². The van der Waals surface area contributed by atoms with Gasteiger partial charge in [0.25, 0.3) is 0 Å². The molecule has 1 aromatic rings. The molecule has 0 heterocycles. The maximum absolute atomic E-state index is 12.7. The van der Waals surface area contributed by atoms with Gasteiger partial charge in [-0.3, -0.25) is 14.4 Å². The third-order valence-electron chi connectivity index (χ3n) is 4.87. The van der Waals surface area contributed by atoms with Crippen LogP contribution >= 0.6 is 0 Å². The van der Waals surface area contributed by atoms with Gasteiger partial charge < -0.3 is 9.47 Å². The van der Waals surface area contributed by atoms with Crippen molar-refractivity contribution >= 4 is 25.6 Å². The molecule has 0 atom stereocenters. The topological polar surface area (TPSA) is 69.7 Å². The second kappa shape index (κ2) is 8.28. The van der Waals surface area contributed by atoms with Gasteiger partial charge in [-0.1, -0.05) is 30.6 Å². The van der Waals surface area contributed by atoms with Crippen LogP contribution in [0.5, 0.6) is 0 Å². The molecule has 0 spiro atoms. The van der Waals surface area contributed by atoms with E-state index in [1.165, 1.54) is 21.0 Å². The van der Waals surface area contributed by atoms with Gasteiger partial charge in [0.15, 0.2) is 0 Å². The summed E-state index contributed by atoms with van der Waals surface area (Å²) >= 11 is 0. The summed E-state index contributed by atoms with van der Waals surface area (Å²) in [4.78, 5) is 37.3. The first kappa shape index (κ1) is 22.9. The average molecular weight is 372 g/mol. The predicted octanol–water partition coefficient (Wildman–Crippen LogP) is 3.49. The lowest BCUT2D eigenvalue weighted by Crippen LogP contribution is -2.41. The van der Waals surface area contributed by atoms with Crippen molar-refractivity contribution in [2.45, 2.75) is 65.3 Å². The summed E-state index contributed by atoms with van der Waals surface area (Å²) in [6.07, 6.45) is 0.281. The van der Waals surface area contributed by atoms with E-state index in [2.05, 4.69) is 0 Å². The van der Waals surface area contributed by atoms with Gasteiger partial charge in [-0.25, -0.2) is 0 Å². The molecule has 0 aliphatic heterocycles. The van der Waals surface area contributed by atoms with Gasteiger partial charge >= 0.3 is 11.9 Å². The van der Waals surface area contributed by atoms with Crippen LogP contribution in [0.2, 0.25) is 6.32 Å². The lowest BCUT2D eigenvalue weighted by atomic mass is 9.77. The minimum Gasteiger partial charge on any atom is -0.468 e. The Morgan fingerprint density at radius 2 is 1.44 bits per heavy atom. The molecule has 0 aliphatic carbocycles. The smallest absolute Gasteiger partial charge is 0.319 e. The number of carbonyl (C=O) groups excluding carboxylic acids is 3. The Kier molecular flexibility index (Phi) is 7.03. The SMILES string of the molecule is [B]CCC(=O)C(C)(C)C(=O)OC(C)(C)c1ccccc1C(C)(C)C(=O)OC. The van der Waals surface area contributed by atoms with Gasteiger partial charge in [0.2, 0.25) is 0 Å². The van der Waals surface area contributed by atoms with Gasteiger partial charge in [-0.2, -0.15) is 0 Å². The predicted molar refractivity (Wildman–Crippen MR) is 105 cm³/mol. The fourth-order valence-corrected chi connectivity index (χ4v) is 2.89. The largest absolute Gasteiger partial charge is 0.468 e. The standard InChI is InChI=1S/C21H29BO5/c1-19(2,17(24)26-7)14-10-8-9-11-15(14)21(5,6)27-18(25)20(3,4)16(23)12-13-22/h8-11H,12-13H2,1-7H3. The van der Waals surface area contributed by atoms with Crippen LogP contribution < -0.4 is 0 Å². The van der Waals surface area contributed by atoms with Crippen LogP contribution in [0.4, 0.5) is 0 Å². The Balaban J connectivity index is 3.28. The van der Waals surface area contributed by atoms with Crippen LogP contribution in [0.1, 0.15) is 59.1 Å². The molecule has 2 radical (unpaired) electrons. The molecule has 6 heteroatoms. The summed E-state index contributed by atoms with van der Waals surface area (Å²) < 4.78 is 10.7. The number of hydrogen-bond acceptors (Lipinski definition) is 5. The van der Waals surface area contributed by atoms with Crippen LogP contribution in [0, 0.1) is 5.41 Å². The third-order valence-corrected chi connectivity index (χ3v) is 4.87. The zero-order valence-corrected chi connectivity index (χ0v) is 17.3.